The summed E-state index contributed by atoms with van der Waals surface area (Å²) < 4.78 is 7.82. The quantitative estimate of drug-likeness (QED) is 0.887. The van der Waals surface area contributed by atoms with E-state index in [4.69, 9.17) is 4.74 Å². The van der Waals surface area contributed by atoms with E-state index in [1.807, 2.05) is 19.4 Å². The highest BCUT2D eigenvalue weighted by Gasteiger charge is 2.24. The highest BCUT2D eigenvalue weighted by atomic mass is 16.5. The molecule has 1 heterocycles. The first-order valence-electron chi connectivity index (χ1n) is 7.73. The summed E-state index contributed by atoms with van der Waals surface area (Å²) in [7, 11) is 1.92. The molecule has 112 valence electrons. The minimum atomic E-state index is 0.488. The number of nitrogens with one attached hydrogen (secondary N) is 1. The number of hydrogen-bond donors (Lipinski definition) is 1. The second kappa shape index (κ2) is 6.31. The Balaban J connectivity index is 1.71. The predicted molar refractivity (Wildman–Crippen MR) is 83.3 cm³/mol. The Labute approximate surface area is 126 Å². The van der Waals surface area contributed by atoms with Crippen LogP contribution in [0.25, 0.3) is 0 Å². The SMILES string of the molecule is CCCNC1CCc2c(OCc3cnn(C)c3)cccc21. The van der Waals surface area contributed by atoms with Crippen molar-refractivity contribution in [2.24, 2.45) is 7.05 Å². The van der Waals surface area contributed by atoms with Crippen LogP contribution in [-0.2, 0) is 20.1 Å². The molecule has 1 atom stereocenters. The second-order valence-corrected chi connectivity index (χ2v) is 5.68. The van der Waals surface area contributed by atoms with Gasteiger partial charge in [-0.3, -0.25) is 4.68 Å². The third-order valence-corrected chi connectivity index (χ3v) is 4.02. The Kier molecular flexibility index (Phi) is 4.25. The van der Waals surface area contributed by atoms with Gasteiger partial charge in [-0.25, -0.2) is 0 Å². The number of benzene rings is 1. The van der Waals surface area contributed by atoms with Crippen LogP contribution in [0.1, 0.15) is 42.5 Å². The average molecular weight is 285 g/mol. The van der Waals surface area contributed by atoms with Gasteiger partial charge in [-0.1, -0.05) is 19.1 Å². The fourth-order valence-corrected chi connectivity index (χ4v) is 2.99. The number of aromatic nitrogens is 2. The van der Waals surface area contributed by atoms with E-state index in [0.717, 1.165) is 24.3 Å². The molecule has 0 saturated carbocycles. The van der Waals surface area contributed by atoms with Crippen molar-refractivity contribution in [1.29, 1.82) is 0 Å². The van der Waals surface area contributed by atoms with Gasteiger partial charge in [-0.05, 0) is 43.0 Å². The number of fused-ring (bicyclic) bond motifs is 1. The van der Waals surface area contributed by atoms with Crippen molar-refractivity contribution in [1.82, 2.24) is 15.1 Å². The molecule has 1 N–H and O–H groups in total. The van der Waals surface area contributed by atoms with Crippen LogP contribution in [0.3, 0.4) is 0 Å². The highest BCUT2D eigenvalue weighted by molar-refractivity contribution is 5.45. The molecule has 0 amide bonds. The monoisotopic (exact) mass is 285 g/mol. The van der Waals surface area contributed by atoms with Crippen LogP contribution in [0.15, 0.2) is 30.6 Å². The number of hydrogen-bond acceptors (Lipinski definition) is 3. The first-order valence-corrected chi connectivity index (χ1v) is 7.73. The van der Waals surface area contributed by atoms with Gasteiger partial charge >= 0.3 is 0 Å². The standard InChI is InChI=1S/C17H23N3O/c1-3-9-18-16-8-7-15-14(16)5-4-6-17(15)21-12-13-10-19-20(2)11-13/h4-6,10-11,16,18H,3,7-9,12H2,1-2H3. The van der Waals surface area contributed by atoms with Crippen LogP contribution in [0.5, 0.6) is 5.75 Å². The van der Waals surface area contributed by atoms with Gasteiger partial charge in [-0.2, -0.15) is 5.10 Å². The van der Waals surface area contributed by atoms with Gasteiger partial charge in [0.2, 0.25) is 0 Å². The number of rotatable bonds is 6. The molecule has 21 heavy (non-hydrogen) atoms. The maximum absolute atomic E-state index is 6.02. The molecule has 0 saturated heterocycles. The summed E-state index contributed by atoms with van der Waals surface area (Å²) in [6, 6.07) is 6.90. The molecule has 0 aliphatic heterocycles. The number of nitrogens with zero attached hydrogens (tertiary/aromatic N) is 2. The molecule has 1 unspecified atom stereocenters. The van der Waals surface area contributed by atoms with E-state index in [1.54, 1.807) is 4.68 Å². The van der Waals surface area contributed by atoms with Crippen LogP contribution >= 0.6 is 0 Å². The average Bonchev–Trinajstić information content (AvgIpc) is 3.09. The van der Waals surface area contributed by atoms with Crippen LogP contribution in [-0.4, -0.2) is 16.3 Å². The summed E-state index contributed by atoms with van der Waals surface area (Å²) in [5.41, 5.74) is 3.89. The molecular weight excluding hydrogens is 262 g/mol. The smallest absolute Gasteiger partial charge is 0.123 e. The molecule has 0 bridgehead atoms. The lowest BCUT2D eigenvalue weighted by Crippen LogP contribution is -2.19. The Morgan fingerprint density at radius 3 is 3.10 bits per heavy atom. The Bertz CT molecular complexity index is 606. The summed E-state index contributed by atoms with van der Waals surface area (Å²) in [6.45, 7) is 3.86. The van der Waals surface area contributed by atoms with Gasteiger partial charge < -0.3 is 10.1 Å². The van der Waals surface area contributed by atoms with Gasteiger partial charge in [0.25, 0.3) is 0 Å². The summed E-state index contributed by atoms with van der Waals surface area (Å²) >= 11 is 0. The molecule has 2 aromatic rings. The van der Waals surface area contributed by atoms with Gasteiger partial charge in [0, 0.05) is 24.8 Å². The minimum Gasteiger partial charge on any atom is -0.488 e. The molecule has 4 heteroatoms. The molecule has 1 aliphatic carbocycles. The van der Waals surface area contributed by atoms with Gasteiger partial charge in [-0.15, -0.1) is 0 Å². The van der Waals surface area contributed by atoms with E-state index in [1.165, 1.54) is 24.0 Å². The summed E-state index contributed by atoms with van der Waals surface area (Å²) in [5, 5.41) is 7.80. The molecule has 3 rings (SSSR count). The lowest BCUT2D eigenvalue weighted by atomic mass is 10.1. The van der Waals surface area contributed by atoms with Crippen molar-refractivity contribution >= 4 is 0 Å². The highest BCUT2D eigenvalue weighted by Crippen LogP contribution is 2.37. The zero-order chi connectivity index (χ0) is 14.7. The normalized spacial score (nSPS) is 17.0. The Hall–Kier alpha value is -1.81. The number of aryl methyl sites for hydroxylation is 1. The number of ether oxygens (including phenoxy) is 1. The van der Waals surface area contributed by atoms with Crippen molar-refractivity contribution in [3.05, 3.63) is 47.3 Å². The Morgan fingerprint density at radius 1 is 1.43 bits per heavy atom. The van der Waals surface area contributed by atoms with E-state index in [2.05, 4.69) is 35.5 Å². The molecule has 0 radical (unpaired) electrons. The van der Waals surface area contributed by atoms with Gasteiger partial charge in [0.05, 0.1) is 6.20 Å². The molecule has 1 aromatic heterocycles. The zero-order valence-electron chi connectivity index (χ0n) is 12.8. The fourth-order valence-electron chi connectivity index (χ4n) is 2.99. The van der Waals surface area contributed by atoms with E-state index >= 15 is 0 Å². The van der Waals surface area contributed by atoms with Gasteiger partial charge in [0.15, 0.2) is 0 Å². The lowest BCUT2D eigenvalue weighted by Gasteiger charge is -2.14. The third kappa shape index (κ3) is 3.10. The van der Waals surface area contributed by atoms with E-state index < -0.39 is 0 Å². The largest absolute Gasteiger partial charge is 0.488 e. The van der Waals surface area contributed by atoms with Crippen LogP contribution in [0.4, 0.5) is 0 Å². The van der Waals surface area contributed by atoms with Crippen LogP contribution in [0.2, 0.25) is 0 Å². The van der Waals surface area contributed by atoms with Crippen molar-refractivity contribution in [2.75, 3.05) is 6.54 Å². The van der Waals surface area contributed by atoms with Gasteiger partial charge in [0.1, 0.15) is 12.4 Å². The first kappa shape index (κ1) is 14.1. The molecule has 0 fully saturated rings. The summed E-state index contributed by atoms with van der Waals surface area (Å²) in [5.74, 6) is 1.03. The van der Waals surface area contributed by atoms with E-state index in [0.29, 0.717) is 12.6 Å². The molecule has 1 aliphatic rings. The molecule has 1 aromatic carbocycles. The summed E-state index contributed by atoms with van der Waals surface area (Å²) in [6.07, 6.45) is 7.29. The molecular formula is C17H23N3O. The topological polar surface area (TPSA) is 39.1 Å². The van der Waals surface area contributed by atoms with Crippen molar-refractivity contribution in [2.45, 2.75) is 38.8 Å². The Morgan fingerprint density at radius 2 is 2.33 bits per heavy atom. The maximum atomic E-state index is 6.02. The fraction of sp³-hybridized carbons (Fsp3) is 0.471. The summed E-state index contributed by atoms with van der Waals surface area (Å²) in [4.78, 5) is 0. The lowest BCUT2D eigenvalue weighted by molar-refractivity contribution is 0.303. The molecule has 0 spiro atoms. The van der Waals surface area contributed by atoms with Crippen molar-refractivity contribution in [3.8, 4) is 5.75 Å². The van der Waals surface area contributed by atoms with Crippen molar-refractivity contribution < 1.29 is 4.74 Å². The second-order valence-electron chi connectivity index (χ2n) is 5.68. The maximum Gasteiger partial charge on any atom is 0.123 e. The van der Waals surface area contributed by atoms with Crippen molar-refractivity contribution in [3.63, 3.8) is 0 Å². The van der Waals surface area contributed by atoms with Crippen LogP contribution < -0.4 is 10.1 Å². The van der Waals surface area contributed by atoms with Crippen LogP contribution in [0, 0.1) is 0 Å². The van der Waals surface area contributed by atoms with E-state index in [9.17, 15) is 0 Å². The predicted octanol–water partition coefficient (Wildman–Crippen LogP) is 2.99. The third-order valence-electron chi connectivity index (χ3n) is 4.02. The first-order chi connectivity index (χ1) is 10.3. The zero-order valence-corrected chi connectivity index (χ0v) is 12.8. The van der Waals surface area contributed by atoms with E-state index in [-0.39, 0.29) is 0 Å². The molecule has 4 nitrogen and oxygen atoms in total. The minimum absolute atomic E-state index is 0.488.